The summed E-state index contributed by atoms with van der Waals surface area (Å²) in [6.45, 7) is 1.98. The average Bonchev–Trinajstić information content (AvgIpc) is 2.18. The molecule has 0 saturated heterocycles. The summed E-state index contributed by atoms with van der Waals surface area (Å²) in [5.74, 6) is 0. The van der Waals surface area contributed by atoms with Gasteiger partial charge in [0.2, 0.25) is 0 Å². The van der Waals surface area contributed by atoms with E-state index in [1.165, 1.54) is 18.3 Å². The molecule has 0 bridgehead atoms. The highest BCUT2D eigenvalue weighted by molar-refractivity contribution is 5.29. The Balaban J connectivity index is 2.69. The summed E-state index contributed by atoms with van der Waals surface area (Å²) in [5.41, 5.74) is 0.578. The number of aliphatic hydroxyl groups is 1. The molecule has 0 aliphatic heterocycles. The molecule has 1 atom stereocenters. The standard InChI is InChI=1S/C10H14N2O3/c1-2-3-10(13)7-8-6-9(12(14)15)4-5-11-8/h4-6,10,13H,2-3,7H2,1H3. The second kappa shape index (κ2) is 5.41. The van der Waals surface area contributed by atoms with Crippen LogP contribution < -0.4 is 0 Å². The number of aromatic nitrogens is 1. The van der Waals surface area contributed by atoms with E-state index in [2.05, 4.69) is 4.98 Å². The molecule has 0 saturated carbocycles. The van der Waals surface area contributed by atoms with Gasteiger partial charge in [0, 0.05) is 30.4 Å². The van der Waals surface area contributed by atoms with Crippen LogP contribution in [-0.4, -0.2) is 21.1 Å². The van der Waals surface area contributed by atoms with Gasteiger partial charge >= 0.3 is 0 Å². The van der Waals surface area contributed by atoms with Crippen LogP contribution >= 0.6 is 0 Å². The van der Waals surface area contributed by atoms with E-state index in [1.54, 1.807) is 0 Å². The quantitative estimate of drug-likeness (QED) is 0.592. The number of nitrogens with zero attached hydrogens (tertiary/aromatic N) is 2. The van der Waals surface area contributed by atoms with Gasteiger partial charge in [0.1, 0.15) is 0 Å². The zero-order chi connectivity index (χ0) is 11.3. The summed E-state index contributed by atoms with van der Waals surface area (Å²) in [5, 5.41) is 20.0. The Morgan fingerprint density at radius 2 is 2.40 bits per heavy atom. The zero-order valence-electron chi connectivity index (χ0n) is 8.59. The highest BCUT2D eigenvalue weighted by Gasteiger charge is 2.10. The molecule has 15 heavy (non-hydrogen) atoms. The van der Waals surface area contributed by atoms with Crippen LogP contribution in [0.3, 0.4) is 0 Å². The molecule has 5 heteroatoms. The summed E-state index contributed by atoms with van der Waals surface area (Å²) in [4.78, 5) is 14.0. The molecule has 1 aromatic rings. The van der Waals surface area contributed by atoms with Gasteiger partial charge < -0.3 is 5.11 Å². The van der Waals surface area contributed by atoms with Crippen molar-refractivity contribution in [3.05, 3.63) is 34.1 Å². The lowest BCUT2D eigenvalue weighted by atomic mass is 10.1. The molecule has 0 aliphatic rings. The maximum atomic E-state index is 10.5. The second-order valence-electron chi connectivity index (χ2n) is 3.41. The number of pyridine rings is 1. The van der Waals surface area contributed by atoms with Crippen LogP contribution in [0.2, 0.25) is 0 Å². The molecule has 1 rings (SSSR count). The molecule has 1 heterocycles. The Morgan fingerprint density at radius 3 is 3.00 bits per heavy atom. The molecule has 0 radical (unpaired) electrons. The van der Waals surface area contributed by atoms with E-state index in [9.17, 15) is 15.2 Å². The van der Waals surface area contributed by atoms with E-state index in [1.807, 2.05) is 6.92 Å². The van der Waals surface area contributed by atoms with Crippen LogP contribution in [0, 0.1) is 10.1 Å². The normalized spacial score (nSPS) is 12.4. The summed E-state index contributed by atoms with van der Waals surface area (Å²) in [7, 11) is 0. The Bertz CT molecular complexity index is 341. The second-order valence-corrected chi connectivity index (χ2v) is 3.41. The zero-order valence-corrected chi connectivity index (χ0v) is 8.59. The fourth-order valence-electron chi connectivity index (χ4n) is 1.37. The Labute approximate surface area is 87.9 Å². The van der Waals surface area contributed by atoms with Gasteiger partial charge in [-0.25, -0.2) is 0 Å². The molecule has 0 aromatic carbocycles. The average molecular weight is 210 g/mol. The highest BCUT2D eigenvalue weighted by atomic mass is 16.6. The molecule has 1 N–H and O–H groups in total. The summed E-state index contributed by atoms with van der Waals surface area (Å²) < 4.78 is 0. The van der Waals surface area contributed by atoms with Gasteiger partial charge in [-0.05, 0) is 6.42 Å². The lowest BCUT2D eigenvalue weighted by Gasteiger charge is -2.07. The molecule has 0 aliphatic carbocycles. The van der Waals surface area contributed by atoms with Crippen LogP contribution in [0.5, 0.6) is 0 Å². The van der Waals surface area contributed by atoms with Crippen molar-refractivity contribution >= 4 is 5.69 Å². The smallest absolute Gasteiger partial charge is 0.272 e. The fourth-order valence-corrected chi connectivity index (χ4v) is 1.37. The molecule has 5 nitrogen and oxygen atoms in total. The number of hydrogen-bond acceptors (Lipinski definition) is 4. The maximum Gasteiger partial charge on any atom is 0.272 e. The number of hydrogen-bond donors (Lipinski definition) is 1. The largest absolute Gasteiger partial charge is 0.393 e. The first-order chi connectivity index (χ1) is 7.13. The number of rotatable bonds is 5. The lowest BCUT2D eigenvalue weighted by molar-refractivity contribution is -0.385. The third-order valence-electron chi connectivity index (χ3n) is 2.08. The number of aliphatic hydroxyl groups excluding tert-OH is 1. The van der Waals surface area contributed by atoms with Gasteiger partial charge in [-0.1, -0.05) is 13.3 Å². The van der Waals surface area contributed by atoms with Crippen LogP contribution in [0.4, 0.5) is 5.69 Å². The Hall–Kier alpha value is -1.49. The molecular formula is C10H14N2O3. The summed E-state index contributed by atoms with van der Waals surface area (Å²) in [6, 6.07) is 2.74. The van der Waals surface area contributed by atoms with Gasteiger partial charge in [0.25, 0.3) is 5.69 Å². The third-order valence-corrected chi connectivity index (χ3v) is 2.08. The van der Waals surface area contributed by atoms with Crippen molar-refractivity contribution in [2.24, 2.45) is 0 Å². The van der Waals surface area contributed by atoms with Crippen molar-refractivity contribution in [1.82, 2.24) is 4.98 Å². The Kier molecular flexibility index (Phi) is 4.17. The lowest BCUT2D eigenvalue weighted by Crippen LogP contribution is -2.10. The molecular weight excluding hydrogens is 196 g/mol. The highest BCUT2D eigenvalue weighted by Crippen LogP contribution is 2.13. The van der Waals surface area contributed by atoms with Crippen LogP contribution in [0.1, 0.15) is 25.5 Å². The molecule has 82 valence electrons. The van der Waals surface area contributed by atoms with Crippen molar-refractivity contribution in [1.29, 1.82) is 0 Å². The van der Waals surface area contributed by atoms with Gasteiger partial charge in [-0.3, -0.25) is 15.1 Å². The minimum Gasteiger partial charge on any atom is -0.393 e. The predicted octanol–water partition coefficient (Wildman–Crippen LogP) is 1.69. The van der Waals surface area contributed by atoms with E-state index in [0.29, 0.717) is 18.5 Å². The minimum absolute atomic E-state index is 0.0173. The SMILES string of the molecule is CCCC(O)Cc1cc([N+](=O)[O-])ccn1. The van der Waals surface area contributed by atoms with Gasteiger partial charge in [0.15, 0.2) is 0 Å². The molecule has 1 aromatic heterocycles. The summed E-state index contributed by atoms with van der Waals surface area (Å²) >= 11 is 0. The third kappa shape index (κ3) is 3.63. The first kappa shape index (κ1) is 11.6. The van der Waals surface area contributed by atoms with E-state index in [4.69, 9.17) is 0 Å². The van der Waals surface area contributed by atoms with E-state index >= 15 is 0 Å². The monoisotopic (exact) mass is 210 g/mol. The van der Waals surface area contributed by atoms with Crippen molar-refractivity contribution in [2.45, 2.75) is 32.3 Å². The first-order valence-electron chi connectivity index (χ1n) is 4.91. The Morgan fingerprint density at radius 1 is 1.67 bits per heavy atom. The van der Waals surface area contributed by atoms with Crippen LogP contribution in [-0.2, 0) is 6.42 Å². The summed E-state index contributed by atoms with van der Waals surface area (Å²) in [6.07, 6.45) is 2.87. The maximum absolute atomic E-state index is 10.5. The van der Waals surface area contributed by atoms with Crippen molar-refractivity contribution in [2.75, 3.05) is 0 Å². The van der Waals surface area contributed by atoms with Gasteiger partial charge in [-0.15, -0.1) is 0 Å². The predicted molar refractivity (Wildman–Crippen MR) is 55.5 cm³/mol. The van der Waals surface area contributed by atoms with E-state index in [-0.39, 0.29) is 5.69 Å². The van der Waals surface area contributed by atoms with E-state index < -0.39 is 11.0 Å². The van der Waals surface area contributed by atoms with Crippen molar-refractivity contribution in [3.63, 3.8) is 0 Å². The first-order valence-corrected chi connectivity index (χ1v) is 4.91. The van der Waals surface area contributed by atoms with Gasteiger partial charge in [-0.2, -0.15) is 0 Å². The molecule has 1 unspecified atom stereocenters. The minimum atomic E-state index is -0.468. The van der Waals surface area contributed by atoms with Crippen LogP contribution in [0.25, 0.3) is 0 Å². The number of nitro groups is 1. The fraction of sp³-hybridized carbons (Fsp3) is 0.500. The van der Waals surface area contributed by atoms with Gasteiger partial charge in [0.05, 0.1) is 11.0 Å². The van der Waals surface area contributed by atoms with Crippen LogP contribution in [0.15, 0.2) is 18.3 Å². The van der Waals surface area contributed by atoms with Crippen molar-refractivity contribution < 1.29 is 10.0 Å². The molecule has 0 fully saturated rings. The molecule has 0 amide bonds. The molecule has 0 spiro atoms. The van der Waals surface area contributed by atoms with E-state index in [0.717, 1.165) is 6.42 Å². The van der Waals surface area contributed by atoms with Crippen molar-refractivity contribution in [3.8, 4) is 0 Å². The topological polar surface area (TPSA) is 76.3 Å².